The van der Waals surface area contributed by atoms with Gasteiger partial charge in [0.05, 0.1) is 0 Å². The number of carbonyl (C=O) groups excluding carboxylic acids is 1. The summed E-state index contributed by atoms with van der Waals surface area (Å²) in [5.74, 6) is 1.11. The molecular formula is C18H26O2. The number of fused-ring (bicyclic) bond motifs is 1. The summed E-state index contributed by atoms with van der Waals surface area (Å²) in [5.41, 5.74) is 3.03. The number of aryl methyl sites for hydroxylation is 1. The molecule has 1 aromatic carbocycles. The van der Waals surface area contributed by atoms with E-state index in [1.54, 1.807) is 6.92 Å². The summed E-state index contributed by atoms with van der Waals surface area (Å²) >= 11 is 0. The summed E-state index contributed by atoms with van der Waals surface area (Å²) in [6.07, 6.45) is 2.91. The molecular weight excluding hydrogens is 248 g/mol. The van der Waals surface area contributed by atoms with Gasteiger partial charge in [-0.25, -0.2) is 0 Å². The van der Waals surface area contributed by atoms with Crippen LogP contribution in [0.4, 0.5) is 0 Å². The lowest BCUT2D eigenvalue weighted by atomic mass is 9.72. The van der Waals surface area contributed by atoms with E-state index >= 15 is 0 Å². The van der Waals surface area contributed by atoms with Gasteiger partial charge in [-0.05, 0) is 56.7 Å². The van der Waals surface area contributed by atoms with Crippen molar-refractivity contribution in [3.8, 4) is 5.75 Å². The van der Waals surface area contributed by atoms with Crippen molar-refractivity contribution in [1.82, 2.24) is 0 Å². The Morgan fingerprint density at radius 1 is 1.25 bits per heavy atom. The molecule has 2 rings (SSSR count). The van der Waals surface area contributed by atoms with E-state index in [0.29, 0.717) is 0 Å². The van der Waals surface area contributed by atoms with E-state index in [1.807, 2.05) is 0 Å². The number of hydrogen-bond donors (Lipinski definition) is 0. The summed E-state index contributed by atoms with van der Waals surface area (Å²) < 4.78 is 6.17. The topological polar surface area (TPSA) is 26.3 Å². The molecule has 0 aromatic heterocycles. The van der Waals surface area contributed by atoms with E-state index in [9.17, 15) is 4.79 Å². The van der Waals surface area contributed by atoms with Crippen molar-refractivity contribution in [2.45, 2.75) is 71.8 Å². The predicted octanol–water partition coefficient (Wildman–Crippen LogP) is 4.68. The van der Waals surface area contributed by atoms with E-state index in [-0.39, 0.29) is 16.8 Å². The number of hydrogen-bond acceptors (Lipinski definition) is 2. The highest BCUT2D eigenvalue weighted by atomic mass is 16.5. The molecule has 0 atom stereocenters. The minimum Gasteiger partial charge on any atom is -0.488 e. The Morgan fingerprint density at radius 2 is 1.90 bits per heavy atom. The molecule has 1 aromatic rings. The lowest BCUT2D eigenvalue weighted by Gasteiger charge is -2.42. The number of Topliss-reactive ketones (excluding diaryl/α,β-unsaturated/α-hetero) is 1. The molecule has 0 fully saturated rings. The molecule has 110 valence electrons. The van der Waals surface area contributed by atoms with Gasteiger partial charge >= 0.3 is 0 Å². The first-order valence-electron chi connectivity index (χ1n) is 7.53. The fourth-order valence-corrected chi connectivity index (χ4v) is 3.53. The third-order valence-corrected chi connectivity index (χ3v) is 4.09. The van der Waals surface area contributed by atoms with Gasteiger partial charge < -0.3 is 4.74 Å². The quantitative estimate of drug-likeness (QED) is 0.748. The van der Waals surface area contributed by atoms with Gasteiger partial charge in [0.15, 0.2) is 5.78 Å². The molecule has 0 bridgehead atoms. The number of benzene rings is 1. The summed E-state index contributed by atoms with van der Waals surface area (Å²) in [4.78, 5) is 11.9. The third kappa shape index (κ3) is 2.74. The molecule has 0 N–H and O–H groups in total. The van der Waals surface area contributed by atoms with Gasteiger partial charge in [0.1, 0.15) is 11.4 Å². The zero-order valence-electron chi connectivity index (χ0n) is 13.6. The van der Waals surface area contributed by atoms with Crippen LogP contribution in [0.15, 0.2) is 12.1 Å². The van der Waals surface area contributed by atoms with Crippen LogP contribution in [0, 0.1) is 0 Å². The molecule has 1 aliphatic heterocycles. The van der Waals surface area contributed by atoms with Crippen LogP contribution in [-0.4, -0.2) is 11.4 Å². The second-order valence-electron chi connectivity index (χ2n) is 7.23. The van der Waals surface area contributed by atoms with Gasteiger partial charge in [0, 0.05) is 11.1 Å². The Labute approximate surface area is 122 Å². The van der Waals surface area contributed by atoms with Crippen LogP contribution < -0.4 is 4.74 Å². The van der Waals surface area contributed by atoms with E-state index in [2.05, 4.69) is 46.8 Å². The van der Waals surface area contributed by atoms with Crippen LogP contribution in [0.25, 0.3) is 0 Å². The van der Waals surface area contributed by atoms with Gasteiger partial charge in [0.2, 0.25) is 0 Å². The first-order valence-corrected chi connectivity index (χ1v) is 7.53. The molecule has 0 spiro atoms. The first-order chi connectivity index (χ1) is 9.16. The van der Waals surface area contributed by atoms with Crippen molar-refractivity contribution >= 4 is 5.78 Å². The largest absolute Gasteiger partial charge is 0.488 e. The molecule has 2 heteroatoms. The highest BCUT2D eigenvalue weighted by Crippen LogP contribution is 2.45. The number of ether oxygens (including phenoxy) is 1. The average Bonchev–Trinajstić information content (AvgIpc) is 2.25. The van der Waals surface area contributed by atoms with E-state index in [1.165, 1.54) is 5.56 Å². The minimum absolute atomic E-state index is 0.0338. The Morgan fingerprint density at radius 3 is 2.45 bits per heavy atom. The molecule has 0 saturated carbocycles. The molecule has 20 heavy (non-hydrogen) atoms. The van der Waals surface area contributed by atoms with Gasteiger partial charge in [-0.3, -0.25) is 4.79 Å². The Balaban J connectivity index is 2.61. The van der Waals surface area contributed by atoms with Crippen molar-refractivity contribution in [2.75, 3.05) is 0 Å². The van der Waals surface area contributed by atoms with E-state index in [0.717, 1.165) is 36.1 Å². The van der Waals surface area contributed by atoms with Crippen molar-refractivity contribution in [1.29, 1.82) is 0 Å². The molecule has 0 amide bonds. The SMILES string of the molecule is CCCc1cc2c(cc1C(C)=O)C(C)(C)CC(C)(C)O2. The monoisotopic (exact) mass is 274 g/mol. The van der Waals surface area contributed by atoms with E-state index < -0.39 is 0 Å². The summed E-state index contributed by atoms with van der Waals surface area (Å²) in [6, 6.07) is 4.16. The summed E-state index contributed by atoms with van der Waals surface area (Å²) in [6.45, 7) is 12.5. The van der Waals surface area contributed by atoms with Crippen molar-refractivity contribution in [3.63, 3.8) is 0 Å². The molecule has 0 aliphatic carbocycles. The van der Waals surface area contributed by atoms with Crippen molar-refractivity contribution < 1.29 is 9.53 Å². The Kier molecular flexibility index (Phi) is 3.70. The maximum absolute atomic E-state index is 11.9. The smallest absolute Gasteiger partial charge is 0.160 e. The lowest BCUT2D eigenvalue weighted by molar-refractivity contribution is 0.0532. The molecule has 2 nitrogen and oxygen atoms in total. The highest BCUT2D eigenvalue weighted by molar-refractivity contribution is 5.96. The third-order valence-electron chi connectivity index (χ3n) is 4.09. The van der Waals surface area contributed by atoms with Crippen molar-refractivity contribution in [2.24, 2.45) is 0 Å². The average molecular weight is 274 g/mol. The van der Waals surface area contributed by atoms with E-state index in [4.69, 9.17) is 4.74 Å². The second kappa shape index (κ2) is 4.91. The van der Waals surface area contributed by atoms with Gasteiger partial charge in [-0.2, -0.15) is 0 Å². The lowest BCUT2D eigenvalue weighted by Crippen LogP contribution is -2.41. The maximum atomic E-state index is 11.9. The first kappa shape index (κ1) is 15.1. The molecule has 0 saturated heterocycles. The Hall–Kier alpha value is -1.31. The normalized spacial score (nSPS) is 19.1. The highest BCUT2D eigenvalue weighted by Gasteiger charge is 2.39. The minimum atomic E-state index is -0.155. The van der Waals surface area contributed by atoms with Crippen molar-refractivity contribution in [3.05, 3.63) is 28.8 Å². The van der Waals surface area contributed by atoms with Crippen LogP contribution in [-0.2, 0) is 11.8 Å². The Bertz CT molecular complexity index is 539. The summed E-state index contributed by atoms with van der Waals surface area (Å²) in [7, 11) is 0. The van der Waals surface area contributed by atoms with Gasteiger partial charge in [-0.15, -0.1) is 0 Å². The van der Waals surface area contributed by atoms with Crippen LogP contribution in [0.2, 0.25) is 0 Å². The predicted molar refractivity (Wildman–Crippen MR) is 82.8 cm³/mol. The molecule has 1 aliphatic rings. The zero-order valence-corrected chi connectivity index (χ0v) is 13.6. The molecule has 0 radical (unpaired) electrons. The molecule has 0 unspecified atom stereocenters. The van der Waals surface area contributed by atoms with Crippen LogP contribution >= 0.6 is 0 Å². The fourth-order valence-electron chi connectivity index (χ4n) is 3.53. The van der Waals surface area contributed by atoms with Gasteiger partial charge in [0.25, 0.3) is 0 Å². The zero-order chi connectivity index (χ0) is 15.1. The van der Waals surface area contributed by atoms with Gasteiger partial charge in [-0.1, -0.05) is 27.2 Å². The second-order valence-corrected chi connectivity index (χ2v) is 7.23. The van der Waals surface area contributed by atoms with Crippen LogP contribution in [0.5, 0.6) is 5.75 Å². The number of ketones is 1. The molecule has 1 heterocycles. The van der Waals surface area contributed by atoms with Crippen LogP contribution in [0.3, 0.4) is 0 Å². The number of rotatable bonds is 3. The standard InChI is InChI=1S/C18H26O2/c1-7-8-13-9-16-15(10-14(13)12(2)19)17(3,4)11-18(5,6)20-16/h9-10H,7-8,11H2,1-6H3. The maximum Gasteiger partial charge on any atom is 0.160 e. The summed E-state index contributed by atoms with van der Waals surface area (Å²) in [5, 5.41) is 0. The van der Waals surface area contributed by atoms with Crippen LogP contribution in [0.1, 0.15) is 75.9 Å². The fraction of sp³-hybridized carbons (Fsp3) is 0.611. The number of carbonyl (C=O) groups is 1.